The van der Waals surface area contributed by atoms with Crippen molar-refractivity contribution in [3.63, 3.8) is 0 Å². The summed E-state index contributed by atoms with van der Waals surface area (Å²) in [7, 11) is 0. The molecule has 1 saturated heterocycles. The number of aliphatic hydroxyl groups excluding tert-OH is 1. The van der Waals surface area contributed by atoms with Crippen LogP contribution in [0, 0.1) is 5.92 Å². The lowest BCUT2D eigenvalue weighted by atomic mass is 10.00. The van der Waals surface area contributed by atoms with Crippen molar-refractivity contribution in [3.8, 4) is 0 Å². The molecule has 2 unspecified atom stereocenters. The zero-order valence-electron chi connectivity index (χ0n) is 9.71. The monoisotopic (exact) mass is 199 g/mol. The van der Waals surface area contributed by atoms with Crippen LogP contribution in [0.4, 0.5) is 0 Å². The first-order chi connectivity index (χ1) is 6.77. The summed E-state index contributed by atoms with van der Waals surface area (Å²) in [5.41, 5.74) is 0. The summed E-state index contributed by atoms with van der Waals surface area (Å²) in [6.07, 6.45) is 6.36. The molecule has 0 amide bonds. The molecule has 0 saturated carbocycles. The summed E-state index contributed by atoms with van der Waals surface area (Å²) < 4.78 is 0. The average molecular weight is 199 g/mol. The molecule has 1 N–H and O–H groups in total. The van der Waals surface area contributed by atoms with Crippen LogP contribution in [0.2, 0.25) is 0 Å². The van der Waals surface area contributed by atoms with Gasteiger partial charge in [-0.15, -0.1) is 0 Å². The molecular formula is C12H25NO. The van der Waals surface area contributed by atoms with Crippen molar-refractivity contribution in [1.29, 1.82) is 0 Å². The molecule has 2 nitrogen and oxygen atoms in total. The van der Waals surface area contributed by atoms with Crippen LogP contribution >= 0.6 is 0 Å². The molecule has 2 heteroatoms. The van der Waals surface area contributed by atoms with Gasteiger partial charge in [0.25, 0.3) is 0 Å². The van der Waals surface area contributed by atoms with Gasteiger partial charge in [-0.05, 0) is 38.3 Å². The second kappa shape index (κ2) is 6.41. The molecule has 0 radical (unpaired) electrons. The number of likely N-dealkylation sites (tertiary alicyclic amines) is 1. The van der Waals surface area contributed by atoms with Crippen molar-refractivity contribution >= 4 is 0 Å². The normalized spacial score (nSPS) is 26.4. The summed E-state index contributed by atoms with van der Waals surface area (Å²) in [5, 5.41) is 9.24. The van der Waals surface area contributed by atoms with Gasteiger partial charge in [-0.25, -0.2) is 0 Å². The Labute approximate surface area is 88.3 Å². The first-order valence-electron chi connectivity index (χ1n) is 6.12. The molecule has 1 heterocycles. The Bertz CT molecular complexity index is 149. The van der Waals surface area contributed by atoms with E-state index in [4.69, 9.17) is 0 Å². The minimum Gasteiger partial charge on any atom is -0.395 e. The van der Waals surface area contributed by atoms with Gasteiger partial charge >= 0.3 is 0 Å². The van der Waals surface area contributed by atoms with Crippen molar-refractivity contribution in [2.24, 2.45) is 5.92 Å². The highest BCUT2D eigenvalue weighted by molar-refractivity contribution is 4.76. The molecule has 0 aromatic carbocycles. The number of nitrogens with zero attached hydrogens (tertiary/aromatic N) is 1. The predicted molar refractivity (Wildman–Crippen MR) is 60.4 cm³/mol. The van der Waals surface area contributed by atoms with E-state index in [2.05, 4.69) is 18.7 Å². The number of hydrogen-bond donors (Lipinski definition) is 1. The van der Waals surface area contributed by atoms with Crippen molar-refractivity contribution < 1.29 is 5.11 Å². The zero-order valence-corrected chi connectivity index (χ0v) is 9.71. The maximum atomic E-state index is 9.24. The van der Waals surface area contributed by atoms with E-state index in [1.165, 1.54) is 45.2 Å². The summed E-state index contributed by atoms with van der Waals surface area (Å²) in [6.45, 7) is 7.30. The molecule has 1 rings (SSSR count). The van der Waals surface area contributed by atoms with E-state index >= 15 is 0 Å². The van der Waals surface area contributed by atoms with Crippen LogP contribution in [-0.4, -0.2) is 35.7 Å². The third kappa shape index (κ3) is 3.58. The SMILES string of the molecule is CCC(C)CCN1CCCCC1CO. The van der Waals surface area contributed by atoms with Crippen LogP contribution in [0.1, 0.15) is 46.0 Å². The molecular weight excluding hydrogens is 174 g/mol. The molecule has 1 aliphatic rings. The Morgan fingerprint density at radius 1 is 1.43 bits per heavy atom. The van der Waals surface area contributed by atoms with Crippen molar-refractivity contribution in [3.05, 3.63) is 0 Å². The minimum absolute atomic E-state index is 0.348. The molecule has 0 aromatic rings. The fourth-order valence-corrected chi connectivity index (χ4v) is 2.15. The average Bonchev–Trinajstić information content (AvgIpc) is 2.26. The number of piperidine rings is 1. The quantitative estimate of drug-likeness (QED) is 0.734. The van der Waals surface area contributed by atoms with E-state index in [1.54, 1.807) is 0 Å². The van der Waals surface area contributed by atoms with E-state index in [9.17, 15) is 5.11 Å². The van der Waals surface area contributed by atoms with Gasteiger partial charge in [0.2, 0.25) is 0 Å². The largest absolute Gasteiger partial charge is 0.395 e. The van der Waals surface area contributed by atoms with Gasteiger partial charge in [0.1, 0.15) is 0 Å². The van der Waals surface area contributed by atoms with Crippen molar-refractivity contribution in [2.75, 3.05) is 19.7 Å². The molecule has 84 valence electrons. The third-order valence-corrected chi connectivity index (χ3v) is 3.57. The molecule has 14 heavy (non-hydrogen) atoms. The van der Waals surface area contributed by atoms with Crippen LogP contribution in [0.15, 0.2) is 0 Å². The molecule has 0 bridgehead atoms. The number of aliphatic hydroxyl groups is 1. The summed E-state index contributed by atoms with van der Waals surface area (Å²) >= 11 is 0. The van der Waals surface area contributed by atoms with E-state index in [1.807, 2.05) is 0 Å². The molecule has 0 spiro atoms. The highest BCUT2D eigenvalue weighted by Gasteiger charge is 2.21. The predicted octanol–water partition coefficient (Wildman–Crippen LogP) is 2.27. The molecule has 1 aliphatic heterocycles. The Balaban J connectivity index is 2.26. The van der Waals surface area contributed by atoms with Crippen molar-refractivity contribution in [1.82, 2.24) is 4.90 Å². The Kier molecular flexibility index (Phi) is 5.49. The summed E-state index contributed by atoms with van der Waals surface area (Å²) in [6, 6.07) is 0.452. The second-order valence-electron chi connectivity index (χ2n) is 4.67. The van der Waals surface area contributed by atoms with Crippen LogP contribution in [-0.2, 0) is 0 Å². The fraction of sp³-hybridized carbons (Fsp3) is 1.00. The molecule has 0 aromatic heterocycles. The van der Waals surface area contributed by atoms with E-state index in [0.717, 1.165) is 5.92 Å². The lowest BCUT2D eigenvalue weighted by molar-refractivity contribution is 0.0854. The first kappa shape index (κ1) is 12.0. The van der Waals surface area contributed by atoms with Gasteiger partial charge < -0.3 is 5.11 Å². The Morgan fingerprint density at radius 2 is 2.21 bits per heavy atom. The standard InChI is InChI=1S/C12H25NO/c1-3-11(2)7-9-13-8-5-4-6-12(13)10-14/h11-12,14H,3-10H2,1-2H3. The van der Waals surface area contributed by atoms with E-state index < -0.39 is 0 Å². The van der Waals surface area contributed by atoms with Crippen LogP contribution in [0.3, 0.4) is 0 Å². The van der Waals surface area contributed by atoms with Gasteiger partial charge in [0, 0.05) is 6.04 Å². The maximum Gasteiger partial charge on any atom is 0.0586 e. The number of rotatable bonds is 5. The Hall–Kier alpha value is -0.0800. The highest BCUT2D eigenvalue weighted by Crippen LogP contribution is 2.18. The van der Waals surface area contributed by atoms with E-state index in [-0.39, 0.29) is 0 Å². The van der Waals surface area contributed by atoms with Crippen LogP contribution in [0.5, 0.6) is 0 Å². The van der Waals surface area contributed by atoms with Crippen molar-refractivity contribution in [2.45, 2.75) is 52.0 Å². The molecule has 1 fully saturated rings. The smallest absolute Gasteiger partial charge is 0.0586 e. The zero-order chi connectivity index (χ0) is 10.4. The maximum absolute atomic E-state index is 9.24. The topological polar surface area (TPSA) is 23.5 Å². The second-order valence-corrected chi connectivity index (χ2v) is 4.67. The summed E-state index contributed by atoms with van der Waals surface area (Å²) in [4.78, 5) is 2.48. The van der Waals surface area contributed by atoms with Gasteiger partial charge in [0.05, 0.1) is 6.61 Å². The molecule has 0 aliphatic carbocycles. The summed E-state index contributed by atoms with van der Waals surface area (Å²) in [5.74, 6) is 0.830. The number of hydrogen-bond acceptors (Lipinski definition) is 2. The van der Waals surface area contributed by atoms with Gasteiger partial charge in [-0.2, -0.15) is 0 Å². The minimum atomic E-state index is 0.348. The lowest BCUT2D eigenvalue weighted by Crippen LogP contribution is -2.42. The van der Waals surface area contributed by atoms with Gasteiger partial charge in [0.15, 0.2) is 0 Å². The third-order valence-electron chi connectivity index (χ3n) is 3.57. The molecule has 2 atom stereocenters. The van der Waals surface area contributed by atoms with Crippen LogP contribution < -0.4 is 0 Å². The fourth-order valence-electron chi connectivity index (χ4n) is 2.15. The van der Waals surface area contributed by atoms with Gasteiger partial charge in [-0.3, -0.25) is 4.90 Å². The first-order valence-corrected chi connectivity index (χ1v) is 6.12. The highest BCUT2D eigenvalue weighted by atomic mass is 16.3. The van der Waals surface area contributed by atoms with Crippen LogP contribution in [0.25, 0.3) is 0 Å². The Morgan fingerprint density at radius 3 is 2.86 bits per heavy atom. The van der Waals surface area contributed by atoms with Gasteiger partial charge in [-0.1, -0.05) is 26.7 Å². The van der Waals surface area contributed by atoms with E-state index in [0.29, 0.717) is 12.6 Å². The lowest BCUT2D eigenvalue weighted by Gasteiger charge is -2.35.